The first-order valence-electron chi connectivity index (χ1n) is 6.11. The van der Waals surface area contributed by atoms with Gasteiger partial charge in [-0.2, -0.15) is 0 Å². The van der Waals surface area contributed by atoms with Crippen LogP contribution in [0.1, 0.15) is 5.56 Å². The predicted octanol–water partition coefficient (Wildman–Crippen LogP) is 1.26. The number of rotatable bonds is 3. The van der Waals surface area contributed by atoms with Gasteiger partial charge in [0.15, 0.2) is 0 Å². The van der Waals surface area contributed by atoms with Gasteiger partial charge in [-0.3, -0.25) is 9.69 Å². The Kier molecular flexibility index (Phi) is 4.22. The second-order valence-corrected chi connectivity index (χ2v) is 4.98. The third-order valence-corrected chi connectivity index (χ3v) is 3.43. The second kappa shape index (κ2) is 5.69. The van der Waals surface area contributed by atoms with Crippen molar-refractivity contribution in [1.82, 2.24) is 4.90 Å². The molecule has 18 heavy (non-hydrogen) atoms. The summed E-state index contributed by atoms with van der Waals surface area (Å²) in [6.45, 7) is 5.36. The molecule has 1 aromatic carbocycles. The van der Waals surface area contributed by atoms with E-state index in [9.17, 15) is 4.79 Å². The molecule has 0 saturated carbocycles. The molecule has 1 heterocycles. The lowest BCUT2D eigenvalue weighted by Crippen LogP contribution is -2.51. The fraction of sp³-hybridized carbons (Fsp3) is 0.462. The van der Waals surface area contributed by atoms with Crippen LogP contribution in [0.5, 0.6) is 0 Å². The van der Waals surface area contributed by atoms with Crippen LogP contribution in [-0.2, 0) is 4.79 Å². The molecule has 0 spiro atoms. The number of benzene rings is 1. The fourth-order valence-corrected chi connectivity index (χ4v) is 2.50. The molecule has 1 aromatic rings. The largest absolute Gasteiger partial charge is 0.329 e. The molecule has 4 nitrogen and oxygen atoms in total. The Morgan fingerprint density at radius 3 is 2.78 bits per heavy atom. The van der Waals surface area contributed by atoms with Crippen molar-refractivity contribution in [3.63, 3.8) is 0 Å². The number of hydrogen-bond acceptors (Lipinski definition) is 3. The molecule has 5 heteroatoms. The van der Waals surface area contributed by atoms with E-state index in [-0.39, 0.29) is 5.91 Å². The zero-order valence-electron chi connectivity index (χ0n) is 10.5. The molecule has 0 aromatic heterocycles. The molecular formula is C13H18ClN3O. The Morgan fingerprint density at radius 2 is 2.17 bits per heavy atom. The van der Waals surface area contributed by atoms with E-state index in [1.165, 1.54) is 0 Å². The van der Waals surface area contributed by atoms with E-state index in [2.05, 4.69) is 4.90 Å². The molecule has 0 bridgehead atoms. The molecule has 0 radical (unpaired) electrons. The maximum absolute atomic E-state index is 12.1. The lowest BCUT2D eigenvalue weighted by atomic mass is 10.1. The van der Waals surface area contributed by atoms with Crippen molar-refractivity contribution in [3.05, 3.63) is 28.8 Å². The third kappa shape index (κ3) is 2.83. The van der Waals surface area contributed by atoms with E-state index < -0.39 is 0 Å². The van der Waals surface area contributed by atoms with Crippen LogP contribution in [0, 0.1) is 6.92 Å². The van der Waals surface area contributed by atoms with Gasteiger partial charge in [-0.1, -0.05) is 11.6 Å². The number of anilines is 1. The van der Waals surface area contributed by atoms with Crippen molar-refractivity contribution in [2.45, 2.75) is 6.92 Å². The number of amides is 1. The Hall–Kier alpha value is -1.10. The Morgan fingerprint density at radius 1 is 1.39 bits per heavy atom. The summed E-state index contributed by atoms with van der Waals surface area (Å²) in [5.74, 6) is 0.125. The quantitative estimate of drug-likeness (QED) is 0.897. The highest BCUT2D eigenvalue weighted by atomic mass is 35.5. The summed E-state index contributed by atoms with van der Waals surface area (Å²) in [5, 5.41) is 0.700. The van der Waals surface area contributed by atoms with E-state index >= 15 is 0 Å². The Labute approximate surface area is 112 Å². The average Bonchev–Trinajstić information content (AvgIpc) is 2.31. The van der Waals surface area contributed by atoms with Gasteiger partial charge in [0.2, 0.25) is 5.91 Å². The van der Waals surface area contributed by atoms with Crippen molar-refractivity contribution in [1.29, 1.82) is 0 Å². The topological polar surface area (TPSA) is 49.6 Å². The molecule has 0 aliphatic carbocycles. The molecule has 1 aliphatic heterocycles. The van der Waals surface area contributed by atoms with Gasteiger partial charge in [0.1, 0.15) is 0 Å². The minimum Gasteiger partial charge on any atom is -0.329 e. The monoisotopic (exact) mass is 267 g/mol. The summed E-state index contributed by atoms with van der Waals surface area (Å²) in [6.07, 6.45) is 0. The number of piperazine rings is 1. The molecule has 1 aliphatic rings. The van der Waals surface area contributed by atoms with Gasteiger partial charge in [0, 0.05) is 36.9 Å². The van der Waals surface area contributed by atoms with Gasteiger partial charge in [-0.25, -0.2) is 0 Å². The molecule has 1 saturated heterocycles. The van der Waals surface area contributed by atoms with Crippen LogP contribution < -0.4 is 10.6 Å². The first-order chi connectivity index (χ1) is 8.61. The summed E-state index contributed by atoms with van der Waals surface area (Å²) in [4.78, 5) is 16.0. The zero-order chi connectivity index (χ0) is 13.1. The van der Waals surface area contributed by atoms with Crippen molar-refractivity contribution in [2.75, 3.05) is 37.6 Å². The van der Waals surface area contributed by atoms with E-state index in [1.807, 2.05) is 30.0 Å². The van der Waals surface area contributed by atoms with E-state index in [0.29, 0.717) is 24.7 Å². The van der Waals surface area contributed by atoms with Crippen LogP contribution >= 0.6 is 11.6 Å². The van der Waals surface area contributed by atoms with Crippen molar-refractivity contribution < 1.29 is 4.79 Å². The normalized spacial score (nSPS) is 17.3. The highest BCUT2D eigenvalue weighted by Crippen LogP contribution is 2.24. The summed E-state index contributed by atoms with van der Waals surface area (Å²) in [5.41, 5.74) is 7.50. The van der Waals surface area contributed by atoms with Crippen LogP contribution in [0.25, 0.3) is 0 Å². The van der Waals surface area contributed by atoms with E-state index in [1.54, 1.807) is 0 Å². The first kappa shape index (κ1) is 13.3. The smallest absolute Gasteiger partial charge is 0.241 e. The van der Waals surface area contributed by atoms with E-state index in [4.69, 9.17) is 17.3 Å². The van der Waals surface area contributed by atoms with Crippen molar-refractivity contribution in [3.8, 4) is 0 Å². The van der Waals surface area contributed by atoms with Crippen LogP contribution in [0.4, 0.5) is 5.69 Å². The third-order valence-electron chi connectivity index (χ3n) is 3.19. The Balaban J connectivity index is 2.13. The lowest BCUT2D eigenvalue weighted by Gasteiger charge is -2.34. The second-order valence-electron chi connectivity index (χ2n) is 4.54. The SMILES string of the molecule is Cc1cc(Cl)ccc1N1CCN(CCN)CC1=O. The molecule has 0 unspecified atom stereocenters. The summed E-state index contributed by atoms with van der Waals surface area (Å²) >= 11 is 5.93. The number of nitrogens with two attached hydrogens (primary N) is 1. The summed E-state index contributed by atoms with van der Waals surface area (Å²) < 4.78 is 0. The number of carbonyl (C=O) groups excluding carboxylic acids is 1. The van der Waals surface area contributed by atoms with Crippen molar-refractivity contribution in [2.24, 2.45) is 5.73 Å². The summed E-state index contributed by atoms with van der Waals surface area (Å²) in [6, 6.07) is 5.62. The van der Waals surface area contributed by atoms with Crippen molar-refractivity contribution >= 4 is 23.2 Å². The molecular weight excluding hydrogens is 250 g/mol. The van der Waals surface area contributed by atoms with Gasteiger partial charge >= 0.3 is 0 Å². The fourth-order valence-electron chi connectivity index (χ4n) is 2.27. The van der Waals surface area contributed by atoms with Crippen LogP contribution in [0.3, 0.4) is 0 Å². The lowest BCUT2D eigenvalue weighted by molar-refractivity contribution is -0.121. The van der Waals surface area contributed by atoms with Gasteiger partial charge in [-0.05, 0) is 30.7 Å². The van der Waals surface area contributed by atoms with E-state index in [0.717, 1.165) is 24.3 Å². The number of hydrogen-bond donors (Lipinski definition) is 1. The highest BCUT2D eigenvalue weighted by Gasteiger charge is 2.25. The average molecular weight is 268 g/mol. The van der Waals surface area contributed by atoms with Gasteiger partial charge in [-0.15, -0.1) is 0 Å². The van der Waals surface area contributed by atoms with Crippen LogP contribution in [0.15, 0.2) is 18.2 Å². The minimum atomic E-state index is 0.125. The standard InChI is InChI=1S/C13H18ClN3O/c1-10-8-11(14)2-3-12(10)17-7-6-16(5-4-15)9-13(17)18/h2-3,8H,4-7,9,15H2,1H3. The first-order valence-corrected chi connectivity index (χ1v) is 6.48. The molecule has 2 N–H and O–H groups in total. The maximum Gasteiger partial charge on any atom is 0.241 e. The molecule has 1 fully saturated rings. The molecule has 0 atom stereocenters. The van der Waals surface area contributed by atoms with Crippen LogP contribution in [-0.4, -0.2) is 43.5 Å². The minimum absolute atomic E-state index is 0.125. The highest BCUT2D eigenvalue weighted by molar-refractivity contribution is 6.30. The molecule has 2 rings (SSSR count). The number of halogens is 1. The van der Waals surface area contributed by atoms with Gasteiger partial charge in [0.25, 0.3) is 0 Å². The van der Waals surface area contributed by atoms with Gasteiger partial charge < -0.3 is 10.6 Å². The molecule has 1 amide bonds. The number of aryl methyl sites for hydroxylation is 1. The Bertz CT molecular complexity index is 450. The number of nitrogens with zero attached hydrogens (tertiary/aromatic N) is 2. The maximum atomic E-state index is 12.1. The van der Waals surface area contributed by atoms with Gasteiger partial charge in [0.05, 0.1) is 6.54 Å². The number of carbonyl (C=O) groups is 1. The summed E-state index contributed by atoms with van der Waals surface area (Å²) in [7, 11) is 0. The predicted molar refractivity (Wildman–Crippen MR) is 74.0 cm³/mol. The molecule has 98 valence electrons. The zero-order valence-corrected chi connectivity index (χ0v) is 11.3. The van der Waals surface area contributed by atoms with Crippen LogP contribution in [0.2, 0.25) is 5.02 Å².